The van der Waals surface area contributed by atoms with Crippen LogP contribution in [0, 0.1) is 5.92 Å². The van der Waals surface area contributed by atoms with E-state index in [2.05, 4.69) is 37.9 Å². The van der Waals surface area contributed by atoms with Crippen molar-refractivity contribution in [2.75, 3.05) is 25.4 Å². The summed E-state index contributed by atoms with van der Waals surface area (Å²) in [5.41, 5.74) is -4.13. The predicted octanol–water partition coefficient (Wildman–Crippen LogP) is 2.95. The van der Waals surface area contributed by atoms with Crippen molar-refractivity contribution in [2.24, 2.45) is 5.92 Å². The summed E-state index contributed by atoms with van der Waals surface area (Å²) in [4.78, 5) is 2.19. The second-order valence-corrected chi connectivity index (χ2v) is 7.00. The van der Waals surface area contributed by atoms with Crippen LogP contribution in [-0.2, 0) is 0 Å². The van der Waals surface area contributed by atoms with Gasteiger partial charge in [-0.25, -0.2) is 0 Å². The molecule has 0 aromatic heterocycles. The lowest BCUT2D eigenvalue weighted by Gasteiger charge is -2.46. The summed E-state index contributed by atoms with van der Waals surface area (Å²) in [6.07, 6.45) is 0. The molecule has 1 saturated heterocycles. The Balaban J connectivity index is 2.51. The van der Waals surface area contributed by atoms with Gasteiger partial charge in [0.05, 0.1) is 0 Å². The first-order valence-electron chi connectivity index (χ1n) is 6.30. The number of rotatable bonds is 4. The van der Waals surface area contributed by atoms with Gasteiger partial charge in [0.25, 0.3) is 0 Å². The van der Waals surface area contributed by atoms with Crippen LogP contribution in [0.2, 0.25) is 0 Å². The fraction of sp³-hybridized carbons (Fsp3) is 1.00. The van der Waals surface area contributed by atoms with Gasteiger partial charge in [0.2, 0.25) is 0 Å². The number of hydrogen-bond acceptors (Lipinski definition) is 3. The summed E-state index contributed by atoms with van der Waals surface area (Å²) in [6.45, 7) is 10.6. The molecule has 1 aliphatic heterocycles. The largest absolute Gasteiger partial charge is 0.441 e. The lowest BCUT2D eigenvalue weighted by Crippen LogP contribution is -2.63. The van der Waals surface area contributed by atoms with Crippen LogP contribution in [0.5, 0.6) is 0 Å². The normalized spacial score (nSPS) is 25.7. The van der Waals surface area contributed by atoms with E-state index in [1.807, 2.05) is 0 Å². The first-order chi connectivity index (χ1) is 8.11. The Labute approximate surface area is 112 Å². The molecular weight excluding hydrogens is 261 g/mol. The van der Waals surface area contributed by atoms with Crippen LogP contribution in [0.4, 0.5) is 13.2 Å². The highest BCUT2D eigenvalue weighted by atomic mass is 32.2. The zero-order chi connectivity index (χ0) is 14.0. The van der Waals surface area contributed by atoms with Crippen molar-refractivity contribution in [3.8, 4) is 0 Å². The quantitative estimate of drug-likeness (QED) is 0.854. The summed E-state index contributed by atoms with van der Waals surface area (Å²) in [7, 11) is 0. The number of nitrogens with zero attached hydrogens (tertiary/aromatic N) is 1. The van der Waals surface area contributed by atoms with Crippen LogP contribution < -0.4 is 5.32 Å². The molecule has 0 aliphatic carbocycles. The van der Waals surface area contributed by atoms with Gasteiger partial charge >= 0.3 is 5.51 Å². The fourth-order valence-electron chi connectivity index (χ4n) is 2.37. The Kier molecular flexibility index (Phi) is 5.38. The third-order valence-corrected chi connectivity index (χ3v) is 3.98. The molecule has 0 amide bonds. The standard InChI is InChI=1S/C12H23F3N2S/c1-9(2)10-7-16-11(3,4)8-17(10)5-6-18-12(13,14)15/h9-10,16H,5-8H2,1-4H3. The molecule has 1 rings (SSSR count). The number of piperazine rings is 1. The third-order valence-electron chi connectivity index (χ3n) is 3.27. The van der Waals surface area contributed by atoms with Crippen molar-refractivity contribution in [3.63, 3.8) is 0 Å². The molecule has 0 spiro atoms. The molecule has 0 radical (unpaired) electrons. The number of hydrogen-bond donors (Lipinski definition) is 1. The highest BCUT2D eigenvalue weighted by Crippen LogP contribution is 2.30. The lowest BCUT2D eigenvalue weighted by atomic mass is 9.93. The molecular formula is C12H23F3N2S. The minimum Gasteiger partial charge on any atom is -0.309 e. The molecule has 0 aromatic rings. The Morgan fingerprint density at radius 2 is 2.00 bits per heavy atom. The number of thioether (sulfide) groups is 1. The van der Waals surface area contributed by atoms with E-state index in [-0.39, 0.29) is 23.1 Å². The van der Waals surface area contributed by atoms with Crippen LogP contribution in [0.3, 0.4) is 0 Å². The van der Waals surface area contributed by atoms with Crippen LogP contribution in [-0.4, -0.2) is 47.4 Å². The van der Waals surface area contributed by atoms with E-state index in [1.54, 1.807) is 0 Å². The molecule has 0 saturated carbocycles. The summed E-state index contributed by atoms with van der Waals surface area (Å²) < 4.78 is 36.4. The van der Waals surface area contributed by atoms with Gasteiger partial charge in [0, 0.05) is 37.0 Å². The average molecular weight is 284 g/mol. The molecule has 0 bridgehead atoms. The number of nitrogens with one attached hydrogen (secondary N) is 1. The SMILES string of the molecule is CC(C)C1CNC(C)(C)CN1CCSC(F)(F)F. The van der Waals surface area contributed by atoms with Crippen molar-refractivity contribution in [3.05, 3.63) is 0 Å². The minimum absolute atomic E-state index is 0.0196. The van der Waals surface area contributed by atoms with E-state index < -0.39 is 5.51 Å². The molecule has 1 heterocycles. The van der Waals surface area contributed by atoms with E-state index in [1.165, 1.54) is 0 Å². The van der Waals surface area contributed by atoms with Gasteiger partial charge in [0.15, 0.2) is 0 Å². The maximum absolute atomic E-state index is 12.1. The van der Waals surface area contributed by atoms with Crippen molar-refractivity contribution in [1.29, 1.82) is 0 Å². The molecule has 1 unspecified atom stereocenters. The van der Waals surface area contributed by atoms with Crippen molar-refractivity contribution < 1.29 is 13.2 Å². The zero-order valence-corrected chi connectivity index (χ0v) is 12.3. The maximum Gasteiger partial charge on any atom is 0.441 e. The second kappa shape index (κ2) is 6.01. The molecule has 6 heteroatoms. The monoisotopic (exact) mass is 284 g/mol. The smallest absolute Gasteiger partial charge is 0.309 e. The molecule has 108 valence electrons. The van der Waals surface area contributed by atoms with E-state index in [4.69, 9.17) is 0 Å². The van der Waals surface area contributed by atoms with E-state index >= 15 is 0 Å². The van der Waals surface area contributed by atoms with Crippen LogP contribution in [0.15, 0.2) is 0 Å². The topological polar surface area (TPSA) is 15.3 Å². The summed E-state index contributed by atoms with van der Waals surface area (Å²) in [5.74, 6) is 0.562. The summed E-state index contributed by atoms with van der Waals surface area (Å²) >= 11 is 0.0790. The summed E-state index contributed by atoms with van der Waals surface area (Å²) in [5, 5.41) is 3.46. The van der Waals surface area contributed by atoms with Crippen LogP contribution >= 0.6 is 11.8 Å². The molecule has 0 aromatic carbocycles. The highest BCUT2D eigenvalue weighted by molar-refractivity contribution is 8.00. The number of alkyl halides is 3. The Hall–Kier alpha value is 0.0600. The Bertz CT molecular complexity index is 267. The van der Waals surface area contributed by atoms with Gasteiger partial charge in [0.1, 0.15) is 0 Å². The lowest BCUT2D eigenvalue weighted by molar-refractivity contribution is -0.0330. The van der Waals surface area contributed by atoms with Crippen LogP contribution in [0.1, 0.15) is 27.7 Å². The zero-order valence-electron chi connectivity index (χ0n) is 11.5. The van der Waals surface area contributed by atoms with Crippen LogP contribution in [0.25, 0.3) is 0 Å². The first-order valence-corrected chi connectivity index (χ1v) is 7.29. The third kappa shape index (κ3) is 5.36. The highest BCUT2D eigenvalue weighted by Gasteiger charge is 2.34. The number of halogens is 3. The van der Waals surface area contributed by atoms with Gasteiger partial charge in [-0.2, -0.15) is 13.2 Å². The minimum atomic E-state index is -4.11. The Morgan fingerprint density at radius 3 is 2.50 bits per heavy atom. The van der Waals surface area contributed by atoms with Gasteiger partial charge in [-0.15, -0.1) is 0 Å². The van der Waals surface area contributed by atoms with E-state index in [0.29, 0.717) is 18.5 Å². The summed E-state index contributed by atoms with van der Waals surface area (Å²) in [6, 6.07) is 0.326. The van der Waals surface area contributed by atoms with Crippen molar-refractivity contribution in [2.45, 2.75) is 44.8 Å². The average Bonchev–Trinajstić information content (AvgIpc) is 2.13. The Morgan fingerprint density at radius 1 is 1.39 bits per heavy atom. The van der Waals surface area contributed by atoms with Gasteiger partial charge in [-0.1, -0.05) is 13.8 Å². The van der Waals surface area contributed by atoms with E-state index in [0.717, 1.165) is 13.1 Å². The van der Waals surface area contributed by atoms with E-state index in [9.17, 15) is 13.2 Å². The van der Waals surface area contributed by atoms with Gasteiger partial charge < -0.3 is 5.32 Å². The van der Waals surface area contributed by atoms with Crippen molar-refractivity contribution >= 4 is 11.8 Å². The van der Waals surface area contributed by atoms with Gasteiger partial charge in [-0.3, -0.25) is 4.90 Å². The second-order valence-electron chi connectivity index (χ2n) is 5.84. The molecule has 1 aliphatic rings. The maximum atomic E-state index is 12.1. The fourth-order valence-corrected chi connectivity index (χ4v) is 2.93. The van der Waals surface area contributed by atoms with Gasteiger partial charge in [-0.05, 0) is 31.5 Å². The van der Waals surface area contributed by atoms with Crippen molar-refractivity contribution in [1.82, 2.24) is 10.2 Å². The first kappa shape index (κ1) is 16.1. The molecule has 18 heavy (non-hydrogen) atoms. The molecule has 1 atom stereocenters. The predicted molar refractivity (Wildman–Crippen MR) is 70.8 cm³/mol. The molecule has 1 fully saturated rings. The molecule has 1 N–H and O–H groups in total. The molecule has 2 nitrogen and oxygen atoms in total.